The minimum Gasteiger partial charge on any atom is -0.366 e. The van der Waals surface area contributed by atoms with Crippen molar-refractivity contribution in [3.05, 3.63) is 35.9 Å². The number of carbonyl (C=O) groups excluding carboxylic acids is 2. The van der Waals surface area contributed by atoms with Crippen molar-refractivity contribution < 1.29 is 14.3 Å². The molecule has 0 saturated carbocycles. The molecule has 0 aromatic heterocycles. The lowest BCUT2D eigenvalue weighted by molar-refractivity contribution is -0.147. The summed E-state index contributed by atoms with van der Waals surface area (Å²) in [5, 5.41) is 6.18. The maximum atomic E-state index is 12.4. The normalized spacial score (nSPS) is 21.3. The van der Waals surface area contributed by atoms with Gasteiger partial charge in [-0.3, -0.25) is 9.59 Å². The summed E-state index contributed by atoms with van der Waals surface area (Å²) in [6, 6.07) is 9.89. The number of piperidine rings is 1. The van der Waals surface area contributed by atoms with E-state index >= 15 is 0 Å². The van der Waals surface area contributed by atoms with E-state index in [0.29, 0.717) is 45.6 Å². The fourth-order valence-electron chi connectivity index (χ4n) is 3.22. The molecule has 2 aliphatic heterocycles. The van der Waals surface area contributed by atoms with Gasteiger partial charge in [-0.15, -0.1) is 12.4 Å². The van der Waals surface area contributed by atoms with Gasteiger partial charge >= 0.3 is 0 Å². The molecule has 0 bridgehead atoms. The van der Waals surface area contributed by atoms with E-state index in [0.717, 1.165) is 12.1 Å². The van der Waals surface area contributed by atoms with E-state index in [1.165, 1.54) is 0 Å². The van der Waals surface area contributed by atoms with Crippen molar-refractivity contribution in [2.24, 2.45) is 5.92 Å². The van der Waals surface area contributed by atoms with Crippen LogP contribution in [0.3, 0.4) is 0 Å². The number of halogens is 1. The van der Waals surface area contributed by atoms with Gasteiger partial charge in [-0.1, -0.05) is 30.3 Å². The third-order valence-corrected chi connectivity index (χ3v) is 4.69. The molecule has 2 amide bonds. The largest absolute Gasteiger partial charge is 0.366 e. The first-order valence-electron chi connectivity index (χ1n) is 8.67. The first-order chi connectivity index (χ1) is 11.7. The fraction of sp³-hybridized carbons (Fsp3) is 0.556. The lowest BCUT2D eigenvalue weighted by atomic mass is 9.95. The zero-order valence-corrected chi connectivity index (χ0v) is 15.1. The predicted molar refractivity (Wildman–Crippen MR) is 97.5 cm³/mol. The minimum atomic E-state index is -0.373. The third kappa shape index (κ3) is 5.42. The number of carbonyl (C=O) groups is 2. The Bertz CT molecular complexity index is 556. The third-order valence-electron chi connectivity index (χ3n) is 4.69. The SMILES string of the molecule is Cl.O=C(NCc1ccccc1)C1CCN(C(=O)C2CNCCO2)CC1. The van der Waals surface area contributed by atoms with Crippen molar-refractivity contribution in [1.29, 1.82) is 0 Å². The molecule has 1 aromatic rings. The van der Waals surface area contributed by atoms with Gasteiger partial charge in [0, 0.05) is 38.6 Å². The predicted octanol–water partition coefficient (Wildman–Crippen LogP) is 0.952. The molecule has 3 rings (SSSR count). The van der Waals surface area contributed by atoms with E-state index < -0.39 is 0 Å². The van der Waals surface area contributed by atoms with Crippen LogP contribution in [0.5, 0.6) is 0 Å². The molecule has 1 aromatic carbocycles. The van der Waals surface area contributed by atoms with E-state index in [9.17, 15) is 9.59 Å². The van der Waals surface area contributed by atoms with E-state index in [4.69, 9.17) is 4.74 Å². The second-order valence-electron chi connectivity index (χ2n) is 6.37. The Labute approximate surface area is 154 Å². The molecule has 1 atom stereocenters. The topological polar surface area (TPSA) is 70.7 Å². The van der Waals surface area contributed by atoms with Gasteiger partial charge in [-0.05, 0) is 18.4 Å². The Kier molecular flexibility index (Phi) is 7.68. The van der Waals surface area contributed by atoms with E-state index in [1.807, 2.05) is 35.2 Å². The van der Waals surface area contributed by atoms with Crippen LogP contribution >= 0.6 is 12.4 Å². The maximum Gasteiger partial charge on any atom is 0.253 e. The molecule has 6 nitrogen and oxygen atoms in total. The highest BCUT2D eigenvalue weighted by Gasteiger charge is 2.31. The quantitative estimate of drug-likeness (QED) is 0.831. The number of nitrogens with zero attached hydrogens (tertiary/aromatic N) is 1. The van der Waals surface area contributed by atoms with Crippen LogP contribution in [0.15, 0.2) is 30.3 Å². The summed E-state index contributed by atoms with van der Waals surface area (Å²) in [6.45, 7) is 3.77. The van der Waals surface area contributed by atoms with Crippen molar-refractivity contribution in [2.75, 3.05) is 32.8 Å². The molecule has 0 radical (unpaired) electrons. The molecule has 0 aliphatic carbocycles. The average molecular weight is 368 g/mol. The minimum absolute atomic E-state index is 0. The fourth-order valence-corrected chi connectivity index (χ4v) is 3.22. The van der Waals surface area contributed by atoms with E-state index in [1.54, 1.807) is 0 Å². The molecule has 2 heterocycles. The summed E-state index contributed by atoms with van der Waals surface area (Å²) >= 11 is 0. The molecule has 7 heteroatoms. The number of rotatable bonds is 4. The van der Waals surface area contributed by atoms with Crippen LogP contribution in [0, 0.1) is 5.92 Å². The van der Waals surface area contributed by atoms with Gasteiger partial charge in [0.05, 0.1) is 6.61 Å². The summed E-state index contributed by atoms with van der Waals surface area (Å²) in [7, 11) is 0. The molecular formula is C18H26ClN3O3. The van der Waals surface area contributed by atoms with Gasteiger partial charge in [0.25, 0.3) is 5.91 Å². The Morgan fingerprint density at radius 1 is 1.20 bits per heavy atom. The smallest absolute Gasteiger partial charge is 0.253 e. The number of benzene rings is 1. The second kappa shape index (κ2) is 9.75. The number of amides is 2. The van der Waals surface area contributed by atoms with Gasteiger partial charge < -0.3 is 20.3 Å². The van der Waals surface area contributed by atoms with Crippen LogP contribution in [-0.2, 0) is 20.9 Å². The van der Waals surface area contributed by atoms with Gasteiger partial charge in [-0.2, -0.15) is 0 Å². The summed E-state index contributed by atoms with van der Waals surface area (Å²) in [5.41, 5.74) is 1.10. The summed E-state index contributed by atoms with van der Waals surface area (Å²) in [4.78, 5) is 26.5. The first kappa shape index (κ1) is 19.7. The summed E-state index contributed by atoms with van der Waals surface area (Å²) in [5.74, 6) is 0.120. The Morgan fingerprint density at radius 3 is 2.56 bits per heavy atom. The Hall–Kier alpha value is -1.63. The summed E-state index contributed by atoms with van der Waals surface area (Å²) < 4.78 is 5.52. The van der Waals surface area contributed by atoms with Crippen LogP contribution in [0.1, 0.15) is 18.4 Å². The van der Waals surface area contributed by atoms with Crippen molar-refractivity contribution in [3.8, 4) is 0 Å². The molecule has 2 saturated heterocycles. The van der Waals surface area contributed by atoms with E-state index in [2.05, 4.69) is 10.6 Å². The average Bonchev–Trinajstić information content (AvgIpc) is 2.67. The zero-order chi connectivity index (χ0) is 16.8. The van der Waals surface area contributed by atoms with Gasteiger partial charge in [-0.25, -0.2) is 0 Å². The van der Waals surface area contributed by atoms with Crippen molar-refractivity contribution in [3.63, 3.8) is 0 Å². The standard InChI is InChI=1S/C18H25N3O3.ClH/c22-17(20-12-14-4-2-1-3-5-14)15-6-9-21(10-7-15)18(23)16-13-19-8-11-24-16;/h1-5,15-16,19H,6-13H2,(H,20,22);1H. The number of hydrogen-bond acceptors (Lipinski definition) is 4. The van der Waals surface area contributed by atoms with Crippen LogP contribution in [0.2, 0.25) is 0 Å². The maximum absolute atomic E-state index is 12.4. The molecule has 1 unspecified atom stereocenters. The molecule has 0 spiro atoms. The zero-order valence-electron chi connectivity index (χ0n) is 14.3. The highest BCUT2D eigenvalue weighted by Crippen LogP contribution is 2.19. The van der Waals surface area contributed by atoms with Gasteiger partial charge in [0.15, 0.2) is 0 Å². The molecule has 2 aliphatic rings. The second-order valence-corrected chi connectivity index (χ2v) is 6.37. The van der Waals surface area contributed by atoms with Gasteiger partial charge in [0.1, 0.15) is 6.10 Å². The van der Waals surface area contributed by atoms with Crippen LogP contribution in [0.25, 0.3) is 0 Å². The molecule has 2 fully saturated rings. The number of likely N-dealkylation sites (tertiary alicyclic amines) is 1. The first-order valence-corrected chi connectivity index (χ1v) is 8.67. The molecule has 25 heavy (non-hydrogen) atoms. The van der Waals surface area contributed by atoms with Crippen molar-refractivity contribution in [1.82, 2.24) is 15.5 Å². The van der Waals surface area contributed by atoms with Crippen molar-refractivity contribution in [2.45, 2.75) is 25.5 Å². The van der Waals surface area contributed by atoms with Crippen molar-refractivity contribution >= 4 is 24.2 Å². The lowest BCUT2D eigenvalue weighted by Crippen LogP contribution is -2.52. The van der Waals surface area contributed by atoms with Crippen LogP contribution < -0.4 is 10.6 Å². The number of ether oxygens (including phenoxy) is 1. The monoisotopic (exact) mass is 367 g/mol. The highest BCUT2D eigenvalue weighted by atomic mass is 35.5. The van der Waals surface area contributed by atoms with E-state index in [-0.39, 0.29) is 36.2 Å². The Morgan fingerprint density at radius 2 is 1.92 bits per heavy atom. The molecule has 138 valence electrons. The van der Waals surface area contributed by atoms with Crippen LogP contribution in [0.4, 0.5) is 0 Å². The number of morpholine rings is 1. The lowest BCUT2D eigenvalue weighted by Gasteiger charge is -2.34. The van der Waals surface area contributed by atoms with Gasteiger partial charge in [0.2, 0.25) is 5.91 Å². The number of hydrogen-bond donors (Lipinski definition) is 2. The molecule has 2 N–H and O–H groups in total. The highest BCUT2D eigenvalue weighted by molar-refractivity contribution is 5.85. The van der Waals surface area contributed by atoms with Crippen LogP contribution in [-0.4, -0.2) is 55.6 Å². The number of nitrogens with one attached hydrogen (secondary N) is 2. The summed E-state index contributed by atoms with van der Waals surface area (Å²) in [6.07, 6.45) is 1.06. The Balaban J connectivity index is 0.00000225. The molecular weight excluding hydrogens is 342 g/mol.